The minimum Gasteiger partial charge on any atom is -0.386 e. The standard InChI is InChI=1S/C26H44N7O17P3S/c1-14(2)9-17(35)54-8-7-28-16(34)5-6-29-24(38)21(37)26(3,4)11-47-53(44,45)50-52(42,43)46-10-15-20(49-51(39,40)41)19(36)25(48-15)33-13-32-18-22(27)30-12-31-23(18)33/h12-15,19-21,25,36-37H,5-11H2,1-4H3,(H,28,34)(H,29,38)(H,42,43)(H,44,45)(H2,27,30,31)(H2,39,40,41)/t15-,19?,20+,21-,25-/m1/s1. The third-order valence-corrected chi connectivity index (χ3v) is 11.3. The van der Waals surface area contributed by atoms with Crippen LogP contribution in [0.5, 0.6) is 0 Å². The first-order valence-corrected chi connectivity index (χ1v) is 21.5. The summed E-state index contributed by atoms with van der Waals surface area (Å²) in [5, 5.41) is 26.3. The number of thioether (sulfide) groups is 1. The zero-order valence-corrected chi connectivity index (χ0v) is 32.9. The number of imidazole rings is 1. The molecule has 2 amide bonds. The molecule has 10 N–H and O–H groups in total. The number of aromatic nitrogens is 4. The first-order chi connectivity index (χ1) is 24.9. The first kappa shape index (κ1) is 45.9. The summed E-state index contributed by atoms with van der Waals surface area (Å²) in [4.78, 5) is 87.1. The van der Waals surface area contributed by atoms with Crippen LogP contribution in [0.3, 0.4) is 0 Å². The number of aliphatic hydroxyl groups is 2. The van der Waals surface area contributed by atoms with Gasteiger partial charge in [0, 0.05) is 37.1 Å². The maximum atomic E-state index is 12.7. The summed E-state index contributed by atoms with van der Waals surface area (Å²) in [6.07, 6.45) is -6.47. The van der Waals surface area contributed by atoms with Gasteiger partial charge in [-0.05, 0) is 5.92 Å². The van der Waals surface area contributed by atoms with E-state index in [0.29, 0.717) is 12.2 Å². The van der Waals surface area contributed by atoms with Gasteiger partial charge in [0.05, 0.1) is 19.5 Å². The quantitative estimate of drug-likeness (QED) is 0.0575. The van der Waals surface area contributed by atoms with Crippen LogP contribution in [0, 0.1) is 11.3 Å². The van der Waals surface area contributed by atoms with Crippen molar-refractivity contribution in [3.05, 3.63) is 12.7 Å². The van der Waals surface area contributed by atoms with E-state index >= 15 is 0 Å². The van der Waals surface area contributed by atoms with Crippen LogP contribution < -0.4 is 16.4 Å². The summed E-state index contributed by atoms with van der Waals surface area (Å²) < 4.78 is 62.0. The maximum absolute atomic E-state index is 12.7. The molecule has 3 rings (SSSR count). The number of aliphatic hydroxyl groups excluding tert-OH is 2. The number of hydrogen-bond donors (Lipinski definition) is 9. The number of carbonyl (C=O) groups excluding carboxylic acids is 3. The highest BCUT2D eigenvalue weighted by Crippen LogP contribution is 2.61. The summed E-state index contributed by atoms with van der Waals surface area (Å²) in [5.74, 6) is -0.844. The van der Waals surface area contributed by atoms with Crippen LogP contribution >= 0.6 is 35.2 Å². The third-order valence-electron chi connectivity index (χ3n) is 7.34. The van der Waals surface area contributed by atoms with Crippen LogP contribution in [0.15, 0.2) is 12.7 Å². The Hall–Kier alpha value is -2.44. The second-order valence-electron chi connectivity index (χ2n) is 12.9. The van der Waals surface area contributed by atoms with E-state index in [1.807, 2.05) is 13.8 Å². The predicted molar refractivity (Wildman–Crippen MR) is 187 cm³/mol. The van der Waals surface area contributed by atoms with Crippen LogP contribution in [0.1, 0.15) is 46.8 Å². The Kier molecular flexibility index (Phi) is 16.3. The highest BCUT2D eigenvalue weighted by molar-refractivity contribution is 8.13. The molecule has 0 spiro atoms. The molecule has 28 heteroatoms. The number of nitrogens with one attached hydrogen (secondary N) is 2. The summed E-state index contributed by atoms with van der Waals surface area (Å²) >= 11 is 1.10. The molecule has 306 valence electrons. The maximum Gasteiger partial charge on any atom is 0.481 e. The Balaban J connectivity index is 1.51. The Bertz CT molecular complexity index is 1780. The Morgan fingerprint density at radius 1 is 1.06 bits per heavy atom. The normalized spacial score (nSPS) is 22.1. The van der Waals surface area contributed by atoms with Crippen LogP contribution in [0.2, 0.25) is 0 Å². The highest BCUT2D eigenvalue weighted by atomic mass is 32.2. The van der Waals surface area contributed by atoms with Crippen LogP contribution in [0.4, 0.5) is 5.82 Å². The van der Waals surface area contributed by atoms with Crippen molar-refractivity contribution in [3.8, 4) is 0 Å². The lowest BCUT2D eigenvalue weighted by molar-refractivity contribution is -0.137. The van der Waals surface area contributed by atoms with Gasteiger partial charge in [-0.25, -0.2) is 28.6 Å². The average molecular weight is 852 g/mol. The Morgan fingerprint density at radius 3 is 2.37 bits per heavy atom. The molecule has 1 aliphatic heterocycles. The van der Waals surface area contributed by atoms with Gasteiger partial charge >= 0.3 is 23.5 Å². The van der Waals surface area contributed by atoms with E-state index in [4.69, 9.17) is 19.5 Å². The third kappa shape index (κ3) is 13.9. The lowest BCUT2D eigenvalue weighted by Gasteiger charge is -2.30. The smallest absolute Gasteiger partial charge is 0.386 e. The van der Waals surface area contributed by atoms with E-state index in [0.717, 1.165) is 29.0 Å². The Labute approximate surface area is 312 Å². The van der Waals surface area contributed by atoms with Crippen molar-refractivity contribution in [2.24, 2.45) is 11.3 Å². The van der Waals surface area contributed by atoms with Gasteiger partial charge in [0.15, 0.2) is 22.8 Å². The number of hydrogen-bond acceptors (Lipinski definition) is 18. The molecular formula is C26H44N7O17P3S. The fraction of sp³-hybridized carbons (Fsp3) is 0.692. The molecule has 7 atom stereocenters. The molecule has 1 saturated heterocycles. The van der Waals surface area contributed by atoms with Gasteiger partial charge < -0.3 is 50.9 Å². The molecule has 0 radical (unpaired) electrons. The van der Waals surface area contributed by atoms with Crippen molar-refractivity contribution in [2.45, 2.75) is 71.2 Å². The number of nitrogens with zero attached hydrogens (tertiary/aromatic N) is 4. The number of phosphoric ester groups is 3. The van der Waals surface area contributed by atoms with Gasteiger partial charge in [-0.1, -0.05) is 39.5 Å². The van der Waals surface area contributed by atoms with Crippen molar-refractivity contribution in [1.29, 1.82) is 0 Å². The molecule has 3 unspecified atom stereocenters. The minimum atomic E-state index is -5.56. The van der Waals surface area contributed by atoms with Gasteiger partial charge in [0.2, 0.25) is 11.8 Å². The number of ether oxygens (including phenoxy) is 1. The van der Waals surface area contributed by atoms with E-state index in [1.165, 1.54) is 13.8 Å². The number of amides is 2. The second kappa shape index (κ2) is 19.1. The first-order valence-electron chi connectivity index (χ1n) is 16.0. The second-order valence-corrected chi connectivity index (χ2v) is 18.3. The molecule has 54 heavy (non-hydrogen) atoms. The van der Waals surface area contributed by atoms with E-state index in [2.05, 4.69) is 34.4 Å². The lowest BCUT2D eigenvalue weighted by atomic mass is 9.87. The summed E-state index contributed by atoms with van der Waals surface area (Å²) in [7, 11) is -16.4. The van der Waals surface area contributed by atoms with Gasteiger partial charge in [-0.15, -0.1) is 0 Å². The molecule has 1 fully saturated rings. The summed E-state index contributed by atoms with van der Waals surface area (Å²) in [6.45, 7) is 4.36. The topological polar surface area (TPSA) is 364 Å². The number of carbonyl (C=O) groups is 3. The molecule has 0 saturated carbocycles. The molecule has 1 aliphatic rings. The molecule has 0 aromatic carbocycles. The van der Waals surface area contributed by atoms with E-state index < -0.39 is 84.6 Å². The SMILES string of the molecule is CC(C)CC(=O)SCCNC(=O)CCNC(=O)[C@@H](O)C(C)(C)COP(=O)(O)OP(=O)(O)OC[C@H]1O[C@@H](n2cnc3c(N)ncnc32)C(O)[C@H]1OP(=O)(O)O. The van der Waals surface area contributed by atoms with Gasteiger partial charge in [0.1, 0.15) is 36.3 Å². The van der Waals surface area contributed by atoms with E-state index in [9.17, 15) is 57.9 Å². The average Bonchev–Trinajstić information content (AvgIpc) is 3.60. The van der Waals surface area contributed by atoms with Crippen molar-refractivity contribution in [1.82, 2.24) is 30.2 Å². The molecule has 2 aromatic rings. The largest absolute Gasteiger partial charge is 0.481 e. The molecule has 2 aromatic heterocycles. The fourth-order valence-electron chi connectivity index (χ4n) is 4.69. The Morgan fingerprint density at radius 2 is 1.72 bits per heavy atom. The number of fused-ring (bicyclic) bond motifs is 1. The number of rotatable bonds is 21. The highest BCUT2D eigenvalue weighted by Gasteiger charge is 2.50. The predicted octanol–water partition coefficient (Wildman–Crippen LogP) is -0.289. The van der Waals surface area contributed by atoms with Crippen molar-refractivity contribution in [3.63, 3.8) is 0 Å². The molecular weight excluding hydrogens is 807 g/mol. The summed E-state index contributed by atoms with van der Waals surface area (Å²) in [5.41, 5.74) is 4.27. The van der Waals surface area contributed by atoms with E-state index in [-0.39, 0.29) is 47.5 Å². The fourth-order valence-corrected chi connectivity index (χ4v) is 8.40. The summed E-state index contributed by atoms with van der Waals surface area (Å²) in [6, 6.07) is 0. The zero-order valence-electron chi connectivity index (χ0n) is 29.4. The monoisotopic (exact) mass is 851 g/mol. The van der Waals surface area contributed by atoms with Crippen molar-refractivity contribution >= 4 is 69.1 Å². The van der Waals surface area contributed by atoms with Crippen LogP contribution in [0.25, 0.3) is 11.2 Å². The van der Waals surface area contributed by atoms with E-state index in [1.54, 1.807) is 0 Å². The lowest BCUT2D eigenvalue weighted by Crippen LogP contribution is -2.46. The number of anilines is 1. The number of phosphoric acid groups is 3. The molecule has 24 nitrogen and oxygen atoms in total. The number of nitrogens with two attached hydrogens (primary N) is 1. The van der Waals surface area contributed by atoms with Gasteiger partial charge in [-0.3, -0.25) is 32.5 Å². The zero-order chi connectivity index (χ0) is 40.6. The minimum absolute atomic E-state index is 0.0104. The van der Waals surface area contributed by atoms with Crippen molar-refractivity contribution < 1.29 is 80.5 Å². The van der Waals surface area contributed by atoms with Crippen molar-refractivity contribution in [2.75, 3.05) is 37.8 Å². The van der Waals surface area contributed by atoms with Crippen LogP contribution in [-0.4, -0.2) is 123 Å². The molecule has 3 heterocycles. The number of nitrogen functional groups attached to an aromatic ring is 1. The molecule has 0 bridgehead atoms. The molecule has 0 aliphatic carbocycles. The van der Waals surface area contributed by atoms with Gasteiger partial charge in [-0.2, -0.15) is 4.31 Å². The van der Waals surface area contributed by atoms with Crippen LogP contribution in [-0.2, 0) is 50.7 Å². The van der Waals surface area contributed by atoms with Gasteiger partial charge in [0.25, 0.3) is 0 Å².